The summed E-state index contributed by atoms with van der Waals surface area (Å²) in [5.74, 6) is 0. The highest BCUT2D eigenvalue weighted by Crippen LogP contribution is 1.91. The van der Waals surface area contributed by atoms with Crippen molar-refractivity contribution in [3.63, 3.8) is 0 Å². The van der Waals surface area contributed by atoms with Gasteiger partial charge >= 0.3 is 6.09 Å². The molecule has 1 amide bonds. The van der Waals surface area contributed by atoms with Gasteiger partial charge in [0.05, 0.1) is 26.4 Å². The number of hydrogen-bond acceptors (Lipinski definition) is 5. The molecule has 7 nitrogen and oxygen atoms in total. The normalized spacial score (nSPS) is 21.8. The summed E-state index contributed by atoms with van der Waals surface area (Å²) in [7, 11) is 0. The smallest absolute Gasteiger partial charge is 0.419 e. The predicted octanol–water partition coefficient (Wildman–Crippen LogP) is -0.893. The van der Waals surface area contributed by atoms with Crippen LogP contribution in [0.5, 0.6) is 0 Å². The third kappa shape index (κ3) is 6.57. The van der Waals surface area contributed by atoms with E-state index in [2.05, 4.69) is 10.7 Å². The van der Waals surface area contributed by atoms with Gasteiger partial charge in [-0.3, -0.25) is 5.43 Å². The molecule has 0 bridgehead atoms. The van der Waals surface area contributed by atoms with Crippen LogP contribution in [0.25, 0.3) is 0 Å². The highest BCUT2D eigenvalue weighted by atomic mass is 16.5. The van der Waals surface area contributed by atoms with E-state index < -0.39 is 6.09 Å². The number of ether oxygens (including phenoxy) is 2. The first kappa shape index (κ1) is 13.2. The summed E-state index contributed by atoms with van der Waals surface area (Å²) >= 11 is 0. The van der Waals surface area contributed by atoms with Gasteiger partial charge in [0.15, 0.2) is 0 Å². The molecule has 0 aromatic rings. The van der Waals surface area contributed by atoms with Crippen molar-refractivity contribution in [1.29, 1.82) is 0 Å². The van der Waals surface area contributed by atoms with Crippen LogP contribution in [0.3, 0.4) is 0 Å². The minimum atomic E-state index is -1.01. The lowest BCUT2D eigenvalue weighted by atomic mass is 10.5. The molecule has 2 aliphatic heterocycles. The van der Waals surface area contributed by atoms with Crippen molar-refractivity contribution < 1.29 is 19.4 Å². The van der Waals surface area contributed by atoms with Gasteiger partial charge in [-0.1, -0.05) is 0 Å². The molecule has 0 radical (unpaired) electrons. The summed E-state index contributed by atoms with van der Waals surface area (Å²) in [5, 5.41) is 13.0. The lowest BCUT2D eigenvalue weighted by Gasteiger charge is -2.25. The molecule has 3 N–H and O–H groups in total. The van der Waals surface area contributed by atoms with Gasteiger partial charge in [0.25, 0.3) is 0 Å². The molecule has 0 spiro atoms. The Balaban J connectivity index is 0.000000181. The highest BCUT2D eigenvalue weighted by Gasteiger charge is 2.10. The minimum Gasteiger partial charge on any atom is -0.464 e. The zero-order valence-electron chi connectivity index (χ0n) is 9.28. The minimum absolute atomic E-state index is 0.597. The van der Waals surface area contributed by atoms with E-state index in [-0.39, 0.29) is 0 Å². The molecule has 0 aliphatic carbocycles. The molecule has 2 saturated heterocycles. The standard InChI is InChI=1S/C5H10N2O3.C4H9NO/c8-5(9)6-7-1-3-10-4-2-7;1-3-6-4-2-5-1/h6H,1-4H2,(H,8,9);5H,1-4H2. The zero-order valence-corrected chi connectivity index (χ0v) is 9.28. The van der Waals surface area contributed by atoms with Gasteiger partial charge in [0.2, 0.25) is 0 Å². The molecule has 16 heavy (non-hydrogen) atoms. The molecule has 94 valence electrons. The fourth-order valence-electron chi connectivity index (χ4n) is 1.33. The van der Waals surface area contributed by atoms with Crippen molar-refractivity contribution in [1.82, 2.24) is 15.8 Å². The first-order chi connectivity index (χ1) is 7.79. The van der Waals surface area contributed by atoms with Crippen LogP contribution in [0.1, 0.15) is 0 Å². The lowest BCUT2D eigenvalue weighted by Crippen LogP contribution is -2.47. The largest absolute Gasteiger partial charge is 0.464 e. The van der Waals surface area contributed by atoms with Gasteiger partial charge in [-0.05, 0) is 0 Å². The first-order valence-electron chi connectivity index (χ1n) is 5.40. The monoisotopic (exact) mass is 233 g/mol. The number of nitrogens with one attached hydrogen (secondary N) is 2. The van der Waals surface area contributed by atoms with Gasteiger partial charge in [-0.2, -0.15) is 0 Å². The van der Waals surface area contributed by atoms with Crippen LogP contribution in [0.2, 0.25) is 0 Å². The van der Waals surface area contributed by atoms with Crippen LogP contribution in [-0.2, 0) is 9.47 Å². The summed E-state index contributed by atoms with van der Waals surface area (Å²) in [6, 6.07) is 0. The van der Waals surface area contributed by atoms with Crippen molar-refractivity contribution >= 4 is 6.09 Å². The highest BCUT2D eigenvalue weighted by molar-refractivity contribution is 5.63. The summed E-state index contributed by atoms with van der Waals surface area (Å²) < 4.78 is 10.0. The summed E-state index contributed by atoms with van der Waals surface area (Å²) in [6.45, 7) is 6.29. The topological polar surface area (TPSA) is 83.1 Å². The van der Waals surface area contributed by atoms with Crippen molar-refractivity contribution in [3.05, 3.63) is 0 Å². The summed E-state index contributed by atoms with van der Waals surface area (Å²) in [5.41, 5.74) is 2.25. The fraction of sp³-hybridized carbons (Fsp3) is 0.889. The van der Waals surface area contributed by atoms with E-state index in [1.54, 1.807) is 5.01 Å². The fourth-order valence-corrected chi connectivity index (χ4v) is 1.33. The van der Waals surface area contributed by atoms with E-state index in [0.29, 0.717) is 26.3 Å². The van der Waals surface area contributed by atoms with Crippen LogP contribution in [-0.4, -0.2) is 68.8 Å². The molecular weight excluding hydrogens is 214 g/mol. The number of rotatable bonds is 1. The molecule has 2 rings (SSSR count). The number of amides is 1. The van der Waals surface area contributed by atoms with Crippen LogP contribution in [0.15, 0.2) is 0 Å². The SMILES string of the molecule is C1COCCN1.O=C(O)NN1CCOCC1. The molecule has 0 aromatic heterocycles. The zero-order chi connectivity index (χ0) is 11.6. The van der Waals surface area contributed by atoms with E-state index in [9.17, 15) is 4.79 Å². The maximum atomic E-state index is 10.1. The van der Waals surface area contributed by atoms with Crippen molar-refractivity contribution in [2.24, 2.45) is 0 Å². The number of morpholine rings is 2. The number of hydrazine groups is 1. The number of hydrogen-bond donors (Lipinski definition) is 3. The van der Waals surface area contributed by atoms with E-state index in [4.69, 9.17) is 14.6 Å². The Morgan fingerprint density at radius 2 is 1.69 bits per heavy atom. The van der Waals surface area contributed by atoms with E-state index in [0.717, 1.165) is 26.3 Å². The average Bonchev–Trinajstić information content (AvgIpc) is 2.32. The molecule has 0 unspecified atom stereocenters. The van der Waals surface area contributed by atoms with Gasteiger partial charge in [-0.15, -0.1) is 0 Å². The third-order valence-corrected chi connectivity index (χ3v) is 2.11. The second kappa shape index (κ2) is 8.28. The molecular formula is C9H19N3O4. The van der Waals surface area contributed by atoms with Crippen molar-refractivity contribution in [2.75, 3.05) is 52.6 Å². The molecule has 7 heteroatoms. The number of carboxylic acid groups (broad SMARTS) is 1. The van der Waals surface area contributed by atoms with Crippen LogP contribution in [0.4, 0.5) is 4.79 Å². The average molecular weight is 233 g/mol. The molecule has 0 atom stereocenters. The maximum Gasteiger partial charge on any atom is 0.419 e. The first-order valence-corrected chi connectivity index (χ1v) is 5.40. The summed E-state index contributed by atoms with van der Waals surface area (Å²) in [4.78, 5) is 10.1. The van der Waals surface area contributed by atoms with E-state index in [1.165, 1.54) is 0 Å². The number of nitrogens with zero attached hydrogens (tertiary/aromatic N) is 1. The van der Waals surface area contributed by atoms with E-state index in [1.807, 2.05) is 0 Å². The Labute approximate surface area is 94.7 Å². The van der Waals surface area contributed by atoms with Crippen LogP contribution < -0.4 is 10.7 Å². The molecule has 2 fully saturated rings. The molecule has 0 aromatic carbocycles. The Morgan fingerprint density at radius 1 is 1.12 bits per heavy atom. The Morgan fingerprint density at radius 3 is 2.06 bits per heavy atom. The van der Waals surface area contributed by atoms with Crippen LogP contribution >= 0.6 is 0 Å². The van der Waals surface area contributed by atoms with Gasteiger partial charge in [0, 0.05) is 26.2 Å². The third-order valence-electron chi connectivity index (χ3n) is 2.11. The maximum absolute atomic E-state index is 10.1. The van der Waals surface area contributed by atoms with Crippen LogP contribution in [0, 0.1) is 0 Å². The second-order valence-electron chi connectivity index (χ2n) is 3.38. The molecule has 2 aliphatic rings. The molecule has 0 saturated carbocycles. The van der Waals surface area contributed by atoms with Gasteiger partial charge in [0.1, 0.15) is 0 Å². The lowest BCUT2D eigenvalue weighted by molar-refractivity contribution is 0.0144. The molecule has 2 heterocycles. The van der Waals surface area contributed by atoms with Crippen molar-refractivity contribution in [3.8, 4) is 0 Å². The Kier molecular flexibility index (Phi) is 6.82. The van der Waals surface area contributed by atoms with Gasteiger partial charge in [-0.25, -0.2) is 9.80 Å². The Bertz CT molecular complexity index is 182. The van der Waals surface area contributed by atoms with Crippen molar-refractivity contribution in [2.45, 2.75) is 0 Å². The van der Waals surface area contributed by atoms with E-state index >= 15 is 0 Å². The number of carbonyl (C=O) groups is 1. The predicted molar refractivity (Wildman–Crippen MR) is 57.2 cm³/mol. The second-order valence-corrected chi connectivity index (χ2v) is 3.38. The quantitative estimate of drug-likeness (QED) is 0.545. The van der Waals surface area contributed by atoms with Gasteiger partial charge < -0.3 is 19.9 Å². The summed E-state index contributed by atoms with van der Waals surface area (Å²) in [6.07, 6.45) is -1.01. The Hall–Kier alpha value is -0.890.